The molecule has 0 bridgehead atoms. The van der Waals surface area contributed by atoms with Crippen LogP contribution in [0.2, 0.25) is 5.02 Å². The van der Waals surface area contributed by atoms with E-state index in [1.54, 1.807) is 19.6 Å². The molecule has 0 aliphatic heterocycles. The van der Waals surface area contributed by atoms with Crippen molar-refractivity contribution in [3.8, 4) is 5.75 Å². The Morgan fingerprint density at radius 3 is 3.00 bits per heavy atom. The topological polar surface area (TPSA) is 27.1 Å². The molecule has 78 valence electrons. The summed E-state index contributed by atoms with van der Waals surface area (Å²) in [6, 6.07) is 5.63. The van der Waals surface area contributed by atoms with Crippen LogP contribution in [0.1, 0.15) is 5.56 Å². The molecule has 0 N–H and O–H groups in total. The molecule has 3 nitrogen and oxygen atoms in total. The third-order valence-electron chi connectivity index (χ3n) is 2.16. The van der Waals surface area contributed by atoms with Gasteiger partial charge >= 0.3 is 0 Å². The molecule has 0 aliphatic carbocycles. The summed E-state index contributed by atoms with van der Waals surface area (Å²) in [5.41, 5.74) is 1.08. The number of imidazole rings is 1. The van der Waals surface area contributed by atoms with E-state index in [9.17, 15) is 0 Å². The predicted octanol–water partition coefficient (Wildman–Crippen LogP) is 2.59. The third kappa shape index (κ3) is 2.30. The SMILES string of the molecule is COc1cc(Cl)ccc1Cn1ccnc1. The molecular formula is C11H11ClN2O. The van der Waals surface area contributed by atoms with Gasteiger partial charge in [0.15, 0.2) is 0 Å². The van der Waals surface area contributed by atoms with E-state index in [4.69, 9.17) is 16.3 Å². The lowest BCUT2D eigenvalue weighted by Crippen LogP contribution is -1.99. The molecule has 1 aromatic heterocycles. The van der Waals surface area contributed by atoms with Crippen LogP contribution in [-0.2, 0) is 6.54 Å². The average molecular weight is 223 g/mol. The van der Waals surface area contributed by atoms with Crippen molar-refractivity contribution >= 4 is 11.6 Å². The normalized spacial score (nSPS) is 10.3. The van der Waals surface area contributed by atoms with Crippen LogP contribution < -0.4 is 4.74 Å². The number of aromatic nitrogens is 2. The van der Waals surface area contributed by atoms with Crippen LogP contribution >= 0.6 is 11.6 Å². The summed E-state index contributed by atoms with van der Waals surface area (Å²) in [6.07, 6.45) is 5.44. The van der Waals surface area contributed by atoms with Gasteiger partial charge in [-0.15, -0.1) is 0 Å². The zero-order chi connectivity index (χ0) is 10.7. The second-order valence-electron chi connectivity index (χ2n) is 3.19. The summed E-state index contributed by atoms with van der Waals surface area (Å²) in [6.45, 7) is 0.736. The van der Waals surface area contributed by atoms with Gasteiger partial charge in [0.05, 0.1) is 20.0 Å². The Morgan fingerprint density at radius 1 is 1.47 bits per heavy atom. The van der Waals surface area contributed by atoms with E-state index in [1.807, 2.05) is 29.0 Å². The number of hydrogen-bond donors (Lipinski definition) is 0. The Labute approximate surface area is 93.3 Å². The van der Waals surface area contributed by atoms with Crippen molar-refractivity contribution in [2.24, 2.45) is 0 Å². The zero-order valence-electron chi connectivity index (χ0n) is 8.35. The lowest BCUT2D eigenvalue weighted by atomic mass is 10.2. The monoisotopic (exact) mass is 222 g/mol. The summed E-state index contributed by atoms with van der Waals surface area (Å²) >= 11 is 5.88. The van der Waals surface area contributed by atoms with Crippen LogP contribution in [0, 0.1) is 0 Å². The van der Waals surface area contributed by atoms with Gasteiger partial charge in [0.2, 0.25) is 0 Å². The molecule has 0 amide bonds. The fraction of sp³-hybridized carbons (Fsp3) is 0.182. The first-order chi connectivity index (χ1) is 7.29. The van der Waals surface area contributed by atoms with Gasteiger partial charge in [0, 0.05) is 23.0 Å². The van der Waals surface area contributed by atoms with Gasteiger partial charge in [0.25, 0.3) is 0 Å². The molecule has 1 aromatic carbocycles. The Morgan fingerprint density at radius 2 is 2.33 bits per heavy atom. The first-order valence-corrected chi connectivity index (χ1v) is 4.95. The molecule has 2 rings (SSSR count). The van der Waals surface area contributed by atoms with Crippen molar-refractivity contribution < 1.29 is 4.74 Å². The molecule has 1 heterocycles. The van der Waals surface area contributed by atoms with E-state index in [1.165, 1.54) is 0 Å². The number of nitrogens with zero attached hydrogens (tertiary/aromatic N) is 2. The highest BCUT2D eigenvalue weighted by molar-refractivity contribution is 6.30. The number of halogens is 1. The van der Waals surface area contributed by atoms with Gasteiger partial charge in [-0.3, -0.25) is 0 Å². The van der Waals surface area contributed by atoms with Crippen LogP contribution in [0.3, 0.4) is 0 Å². The lowest BCUT2D eigenvalue weighted by Gasteiger charge is -2.09. The molecule has 15 heavy (non-hydrogen) atoms. The van der Waals surface area contributed by atoms with E-state index in [-0.39, 0.29) is 0 Å². The maximum atomic E-state index is 5.88. The van der Waals surface area contributed by atoms with E-state index in [0.29, 0.717) is 5.02 Å². The molecule has 0 saturated heterocycles. The van der Waals surface area contributed by atoms with Crippen LogP contribution in [0.25, 0.3) is 0 Å². The Kier molecular flexibility index (Phi) is 2.92. The van der Waals surface area contributed by atoms with Gasteiger partial charge in [-0.05, 0) is 12.1 Å². The second kappa shape index (κ2) is 4.36. The quantitative estimate of drug-likeness (QED) is 0.798. The van der Waals surface area contributed by atoms with Crippen molar-refractivity contribution in [3.63, 3.8) is 0 Å². The van der Waals surface area contributed by atoms with Gasteiger partial charge in [0.1, 0.15) is 5.75 Å². The number of hydrogen-bond acceptors (Lipinski definition) is 2. The second-order valence-corrected chi connectivity index (χ2v) is 3.63. The minimum absolute atomic E-state index is 0.682. The largest absolute Gasteiger partial charge is 0.496 e. The molecule has 0 saturated carbocycles. The van der Waals surface area contributed by atoms with E-state index < -0.39 is 0 Å². The smallest absolute Gasteiger partial charge is 0.125 e. The molecule has 0 radical (unpaired) electrons. The summed E-state index contributed by atoms with van der Waals surface area (Å²) < 4.78 is 7.23. The highest BCUT2D eigenvalue weighted by Gasteiger charge is 2.03. The first-order valence-electron chi connectivity index (χ1n) is 4.58. The van der Waals surface area contributed by atoms with Gasteiger partial charge < -0.3 is 9.30 Å². The van der Waals surface area contributed by atoms with Gasteiger partial charge in [-0.25, -0.2) is 4.98 Å². The standard InChI is InChI=1S/C11H11ClN2O/c1-15-11-6-10(12)3-2-9(11)7-14-5-4-13-8-14/h2-6,8H,7H2,1H3. The number of ether oxygens (including phenoxy) is 1. The Hall–Kier alpha value is -1.48. The van der Waals surface area contributed by atoms with Crippen molar-refractivity contribution in [3.05, 3.63) is 47.5 Å². The van der Waals surface area contributed by atoms with Crippen LogP contribution in [0.5, 0.6) is 5.75 Å². The number of rotatable bonds is 3. The van der Waals surface area contributed by atoms with E-state index >= 15 is 0 Å². The van der Waals surface area contributed by atoms with Crippen LogP contribution in [0.15, 0.2) is 36.9 Å². The minimum Gasteiger partial charge on any atom is -0.496 e. The Balaban J connectivity index is 2.28. The highest BCUT2D eigenvalue weighted by Crippen LogP contribution is 2.23. The highest BCUT2D eigenvalue weighted by atomic mass is 35.5. The molecule has 4 heteroatoms. The molecule has 2 aromatic rings. The number of benzene rings is 1. The zero-order valence-corrected chi connectivity index (χ0v) is 9.11. The molecule has 0 spiro atoms. The fourth-order valence-corrected chi connectivity index (χ4v) is 1.59. The lowest BCUT2D eigenvalue weighted by molar-refractivity contribution is 0.408. The summed E-state index contributed by atoms with van der Waals surface area (Å²) in [5.74, 6) is 0.802. The fourth-order valence-electron chi connectivity index (χ4n) is 1.43. The maximum absolute atomic E-state index is 5.88. The van der Waals surface area contributed by atoms with E-state index in [2.05, 4.69) is 4.98 Å². The van der Waals surface area contributed by atoms with Crippen LogP contribution in [-0.4, -0.2) is 16.7 Å². The minimum atomic E-state index is 0.682. The summed E-state index contributed by atoms with van der Waals surface area (Å²) in [4.78, 5) is 3.99. The molecule has 0 atom stereocenters. The average Bonchev–Trinajstić information content (AvgIpc) is 2.73. The van der Waals surface area contributed by atoms with Crippen molar-refractivity contribution in [2.45, 2.75) is 6.54 Å². The third-order valence-corrected chi connectivity index (χ3v) is 2.40. The van der Waals surface area contributed by atoms with Crippen molar-refractivity contribution in [1.29, 1.82) is 0 Å². The molecule has 0 aliphatic rings. The van der Waals surface area contributed by atoms with E-state index in [0.717, 1.165) is 17.9 Å². The predicted molar refractivity (Wildman–Crippen MR) is 59.3 cm³/mol. The number of methoxy groups -OCH3 is 1. The molecule has 0 unspecified atom stereocenters. The van der Waals surface area contributed by atoms with Crippen molar-refractivity contribution in [2.75, 3.05) is 7.11 Å². The first kappa shape index (κ1) is 10.1. The molecule has 0 fully saturated rings. The summed E-state index contributed by atoms with van der Waals surface area (Å²) in [5, 5.41) is 0.682. The van der Waals surface area contributed by atoms with Gasteiger partial charge in [-0.1, -0.05) is 17.7 Å². The maximum Gasteiger partial charge on any atom is 0.125 e. The van der Waals surface area contributed by atoms with Crippen molar-refractivity contribution in [1.82, 2.24) is 9.55 Å². The molecular weight excluding hydrogens is 212 g/mol. The van der Waals surface area contributed by atoms with Gasteiger partial charge in [-0.2, -0.15) is 0 Å². The summed E-state index contributed by atoms with van der Waals surface area (Å²) in [7, 11) is 1.64. The Bertz CT molecular complexity index is 440. The van der Waals surface area contributed by atoms with Crippen LogP contribution in [0.4, 0.5) is 0 Å².